The summed E-state index contributed by atoms with van der Waals surface area (Å²) >= 11 is 6.22. The lowest BCUT2D eigenvalue weighted by Gasteiger charge is -2.23. The quantitative estimate of drug-likeness (QED) is 0.886. The Kier molecular flexibility index (Phi) is 3.03. The Morgan fingerprint density at radius 3 is 2.95 bits per heavy atom. The molecule has 5 heteroatoms. The number of carboxylic acid groups (broad SMARTS) is 1. The standard InChI is InChI=1S/C14H13ClN2O2/c15-11-4-2-1-3-9(11)8-5-6-12-10(7-8)13(14(18)19)17-16-12/h1-4,8H,5-7H2,(H,16,17)(H,18,19). The molecule has 0 saturated carbocycles. The number of rotatable bonds is 2. The van der Waals surface area contributed by atoms with Crippen molar-refractivity contribution in [1.29, 1.82) is 0 Å². The number of hydrogen-bond acceptors (Lipinski definition) is 2. The highest BCUT2D eigenvalue weighted by molar-refractivity contribution is 6.31. The average Bonchev–Trinajstić information content (AvgIpc) is 2.82. The van der Waals surface area contributed by atoms with Gasteiger partial charge in [-0.25, -0.2) is 4.79 Å². The SMILES string of the molecule is O=C(O)c1n[nH]c2c1CC(c1ccccc1Cl)CC2. The summed E-state index contributed by atoms with van der Waals surface area (Å²) in [5, 5.41) is 16.6. The van der Waals surface area contributed by atoms with Gasteiger partial charge in [0.05, 0.1) is 0 Å². The van der Waals surface area contributed by atoms with Crippen molar-refractivity contribution in [2.24, 2.45) is 0 Å². The summed E-state index contributed by atoms with van der Waals surface area (Å²) in [5.74, 6) is -0.714. The molecular weight excluding hydrogens is 264 g/mol. The minimum atomic E-state index is -0.975. The molecule has 98 valence electrons. The Hall–Kier alpha value is -1.81. The Morgan fingerprint density at radius 1 is 1.42 bits per heavy atom. The molecule has 4 nitrogen and oxygen atoms in total. The molecule has 19 heavy (non-hydrogen) atoms. The molecule has 1 aliphatic rings. The number of fused-ring (bicyclic) bond motifs is 1. The van der Waals surface area contributed by atoms with E-state index in [0.717, 1.165) is 34.7 Å². The summed E-state index contributed by atoms with van der Waals surface area (Å²) in [4.78, 5) is 11.1. The third kappa shape index (κ3) is 2.12. The van der Waals surface area contributed by atoms with Crippen LogP contribution in [0.2, 0.25) is 5.02 Å². The highest BCUT2D eigenvalue weighted by Crippen LogP contribution is 2.36. The zero-order chi connectivity index (χ0) is 13.4. The number of nitrogens with zero attached hydrogens (tertiary/aromatic N) is 1. The minimum absolute atomic E-state index is 0.145. The highest BCUT2D eigenvalue weighted by atomic mass is 35.5. The number of halogens is 1. The zero-order valence-electron chi connectivity index (χ0n) is 10.2. The maximum absolute atomic E-state index is 11.1. The van der Waals surface area contributed by atoms with Crippen LogP contribution in [0.4, 0.5) is 0 Å². The molecule has 3 rings (SSSR count). The lowest BCUT2D eigenvalue weighted by molar-refractivity contribution is 0.0689. The van der Waals surface area contributed by atoms with Crippen molar-refractivity contribution in [3.05, 3.63) is 51.8 Å². The minimum Gasteiger partial charge on any atom is -0.476 e. The highest BCUT2D eigenvalue weighted by Gasteiger charge is 2.28. The molecule has 0 fully saturated rings. The predicted octanol–water partition coefficient (Wildman–Crippen LogP) is 3.03. The fourth-order valence-electron chi connectivity index (χ4n) is 2.74. The molecule has 1 heterocycles. The van der Waals surface area contributed by atoms with Gasteiger partial charge in [-0.15, -0.1) is 0 Å². The number of carbonyl (C=O) groups is 1. The van der Waals surface area contributed by atoms with Gasteiger partial charge in [-0.2, -0.15) is 5.10 Å². The van der Waals surface area contributed by atoms with E-state index in [0.29, 0.717) is 6.42 Å². The number of benzene rings is 1. The normalized spacial score (nSPS) is 18.1. The molecule has 1 unspecified atom stereocenters. The largest absolute Gasteiger partial charge is 0.476 e. The van der Waals surface area contributed by atoms with Gasteiger partial charge in [0.25, 0.3) is 0 Å². The fraction of sp³-hybridized carbons (Fsp3) is 0.286. The number of nitrogens with one attached hydrogen (secondary N) is 1. The van der Waals surface area contributed by atoms with Crippen LogP contribution >= 0.6 is 11.6 Å². The number of aromatic nitrogens is 2. The Labute approximate surface area is 115 Å². The van der Waals surface area contributed by atoms with Crippen molar-refractivity contribution in [3.63, 3.8) is 0 Å². The molecule has 1 atom stereocenters. The average molecular weight is 277 g/mol. The smallest absolute Gasteiger partial charge is 0.356 e. The number of carboxylic acids is 1. The summed E-state index contributed by atoms with van der Waals surface area (Å²) in [6.07, 6.45) is 2.45. The second-order valence-electron chi connectivity index (χ2n) is 4.80. The fourth-order valence-corrected chi connectivity index (χ4v) is 3.03. The van der Waals surface area contributed by atoms with Gasteiger partial charge < -0.3 is 5.11 Å². The maximum Gasteiger partial charge on any atom is 0.356 e. The second kappa shape index (κ2) is 4.70. The van der Waals surface area contributed by atoms with E-state index in [9.17, 15) is 4.79 Å². The van der Waals surface area contributed by atoms with Crippen LogP contribution in [0.1, 0.15) is 39.6 Å². The van der Waals surface area contributed by atoms with E-state index >= 15 is 0 Å². The number of aromatic amines is 1. The summed E-state index contributed by atoms with van der Waals surface area (Å²) in [7, 11) is 0. The van der Waals surface area contributed by atoms with Gasteiger partial charge >= 0.3 is 5.97 Å². The van der Waals surface area contributed by atoms with E-state index in [1.165, 1.54) is 0 Å². The van der Waals surface area contributed by atoms with Crippen LogP contribution in [0.25, 0.3) is 0 Å². The van der Waals surface area contributed by atoms with E-state index in [1.54, 1.807) is 0 Å². The number of H-pyrrole nitrogens is 1. The molecule has 1 aromatic carbocycles. The van der Waals surface area contributed by atoms with E-state index in [-0.39, 0.29) is 11.6 Å². The van der Waals surface area contributed by atoms with Gasteiger partial charge in [0.15, 0.2) is 5.69 Å². The number of aromatic carboxylic acids is 1. The number of aryl methyl sites for hydroxylation is 1. The first-order valence-corrected chi connectivity index (χ1v) is 6.58. The van der Waals surface area contributed by atoms with Gasteiger partial charge in [-0.1, -0.05) is 29.8 Å². The van der Waals surface area contributed by atoms with Crippen LogP contribution in [0.5, 0.6) is 0 Å². The molecule has 0 saturated heterocycles. The van der Waals surface area contributed by atoms with E-state index < -0.39 is 5.97 Å². The van der Waals surface area contributed by atoms with E-state index in [4.69, 9.17) is 16.7 Å². The first-order chi connectivity index (χ1) is 9.16. The molecule has 0 bridgehead atoms. The van der Waals surface area contributed by atoms with Gasteiger partial charge in [-0.3, -0.25) is 5.10 Å². The van der Waals surface area contributed by atoms with Gasteiger partial charge in [0.1, 0.15) is 0 Å². The molecular formula is C14H13ClN2O2. The van der Waals surface area contributed by atoms with Crippen LogP contribution < -0.4 is 0 Å². The van der Waals surface area contributed by atoms with Crippen molar-refractivity contribution in [1.82, 2.24) is 10.2 Å². The van der Waals surface area contributed by atoms with Gasteiger partial charge in [0.2, 0.25) is 0 Å². The van der Waals surface area contributed by atoms with Crippen LogP contribution in [0.3, 0.4) is 0 Å². The summed E-state index contributed by atoms with van der Waals surface area (Å²) in [6, 6.07) is 7.75. The van der Waals surface area contributed by atoms with E-state index in [2.05, 4.69) is 10.2 Å². The number of hydrogen-bond donors (Lipinski definition) is 2. The van der Waals surface area contributed by atoms with Crippen LogP contribution in [0.15, 0.2) is 24.3 Å². The Bertz CT molecular complexity index is 636. The van der Waals surface area contributed by atoms with Crippen molar-refractivity contribution in [2.75, 3.05) is 0 Å². The first-order valence-electron chi connectivity index (χ1n) is 6.20. The second-order valence-corrected chi connectivity index (χ2v) is 5.20. The topological polar surface area (TPSA) is 66.0 Å². The van der Waals surface area contributed by atoms with Crippen molar-refractivity contribution in [3.8, 4) is 0 Å². The molecule has 2 N–H and O–H groups in total. The first kappa shape index (κ1) is 12.2. The molecule has 0 aliphatic heterocycles. The summed E-state index contributed by atoms with van der Waals surface area (Å²) in [5.41, 5.74) is 3.00. The molecule has 0 amide bonds. The lowest BCUT2D eigenvalue weighted by Crippen LogP contribution is -2.14. The van der Waals surface area contributed by atoms with Crippen molar-refractivity contribution in [2.45, 2.75) is 25.2 Å². The van der Waals surface area contributed by atoms with E-state index in [1.807, 2.05) is 24.3 Å². The van der Waals surface area contributed by atoms with Gasteiger partial charge in [0, 0.05) is 16.3 Å². The Balaban J connectivity index is 1.96. The molecule has 0 spiro atoms. The lowest BCUT2D eigenvalue weighted by atomic mass is 9.82. The van der Waals surface area contributed by atoms with Crippen molar-refractivity contribution < 1.29 is 9.90 Å². The third-order valence-electron chi connectivity index (χ3n) is 3.69. The zero-order valence-corrected chi connectivity index (χ0v) is 10.9. The van der Waals surface area contributed by atoms with Crippen LogP contribution in [-0.4, -0.2) is 21.3 Å². The molecule has 2 aromatic rings. The summed E-state index contributed by atoms with van der Waals surface area (Å²) in [6.45, 7) is 0. The van der Waals surface area contributed by atoms with Crippen molar-refractivity contribution >= 4 is 17.6 Å². The predicted molar refractivity (Wildman–Crippen MR) is 71.8 cm³/mol. The molecule has 0 radical (unpaired) electrons. The van der Waals surface area contributed by atoms with Gasteiger partial charge in [-0.05, 0) is 36.8 Å². The monoisotopic (exact) mass is 276 g/mol. The Morgan fingerprint density at radius 2 is 2.21 bits per heavy atom. The third-order valence-corrected chi connectivity index (χ3v) is 4.04. The van der Waals surface area contributed by atoms with Crippen LogP contribution in [0, 0.1) is 0 Å². The maximum atomic E-state index is 11.1. The van der Waals surface area contributed by atoms with Crippen LogP contribution in [-0.2, 0) is 12.8 Å². The summed E-state index contributed by atoms with van der Waals surface area (Å²) < 4.78 is 0. The molecule has 1 aromatic heterocycles. The molecule has 1 aliphatic carbocycles.